The maximum atomic E-state index is 5.18. The Morgan fingerprint density at radius 3 is 2.94 bits per heavy atom. The largest absolute Gasteiger partial charge is 0.356 e. The quantitative estimate of drug-likeness (QED) is 0.516. The number of rotatable bonds is 1. The molecule has 0 saturated carbocycles. The van der Waals surface area contributed by atoms with E-state index in [1.54, 1.807) is 6.20 Å². The molecule has 2 heterocycles. The first-order chi connectivity index (χ1) is 8.90. The highest BCUT2D eigenvalue weighted by Gasteiger charge is 2.12. The molecule has 2 aromatic carbocycles. The van der Waals surface area contributed by atoms with E-state index in [1.165, 1.54) is 5.39 Å². The lowest BCUT2D eigenvalue weighted by Gasteiger charge is -1.89. The summed E-state index contributed by atoms with van der Waals surface area (Å²) in [7, 11) is 0. The Labute approximate surface area is 102 Å². The SMILES string of the molecule is c1ccc2[nH][n+](-c3ccc4cnoc4c3)cc2c1. The minimum atomic E-state index is 0.790. The number of nitrogens with zero attached hydrogens (tertiary/aromatic N) is 2. The molecule has 0 aliphatic carbocycles. The molecule has 0 unspecified atom stereocenters. The van der Waals surface area contributed by atoms with Gasteiger partial charge in [-0.25, -0.2) is 0 Å². The van der Waals surface area contributed by atoms with Gasteiger partial charge in [-0.2, -0.15) is 5.10 Å². The molecule has 0 atom stereocenters. The lowest BCUT2D eigenvalue weighted by Crippen LogP contribution is -2.31. The number of H-pyrrole nitrogens is 1. The van der Waals surface area contributed by atoms with E-state index in [2.05, 4.69) is 28.6 Å². The van der Waals surface area contributed by atoms with Crippen LogP contribution in [-0.2, 0) is 0 Å². The van der Waals surface area contributed by atoms with Crippen molar-refractivity contribution in [3.8, 4) is 5.69 Å². The predicted molar refractivity (Wildman–Crippen MR) is 67.4 cm³/mol. The molecular weight excluding hydrogens is 226 g/mol. The summed E-state index contributed by atoms with van der Waals surface area (Å²) in [6.07, 6.45) is 3.78. The average molecular weight is 236 g/mol. The molecule has 1 N–H and O–H groups in total. The smallest absolute Gasteiger partial charge is 0.239 e. The molecule has 4 rings (SSSR count). The molecular formula is C14H10N3O+. The fraction of sp³-hybridized carbons (Fsp3) is 0. The van der Waals surface area contributed by atoms with Crippen LogP contribution in [0.1, 0.15) is 0 Å². The summed E-state index contributed by atoms with van der Waals surface area (Å²) in [6, 6.07) is 14.2. The molecule has 0 spiro atoms. The van der Waals surface area contributed by atoms with Crippen molar-refractivity contribution in [2.45, 2.75) is 0 Å². The van der Waals surface area contributed by atoms with Crippen LogP contribution in [0.3, 0.4) is 0 Å². The van der Waals surface area contributed by atoms with E-state index >= 15 is 0 Å². The van der Waals surface area contributed by atoms with Gasteiger partial charge in [-0.3, -0.25) is 0 Å². The van der Waals surface area contributed by atoms with Crippen LogP contribution in [0.15, 0.2) is 59.4 Å². The topological polar surface area (TPSA) is 45.7 Å². The van der Waals surface area contributed by atoms with Gasteiger partial charge in [0.1, 0.15) is 5.52 Å². The maximum Gasteiger partial charge on any atom is 0.239 e. The van der Waals surface area contributed by atoms with Crippen molar-refractivity contribution in [3.05, 3.63) is 54.9 Å². The molecule has 2 aromatic heterocycles. The third kappa shape index (κ3) is 1.32. The van der Waals surface area contributed by atoms with Gasteiger partial charge in [0.2, 0.25) is 11.9 Å². The van der Waals surface area contributed by atoms with E-state index in [0.717, 1.165) is 22.2 Å². The van der Waals surface area contributed by atoms with Crippen LogP contribution < -0.4 is 4.68 Å². The molecule has 4 aromatic rings. The minimum absolute atomic E-state index is 0.790. The number of fused-ring (bicyclic) bond motifs is 2. The van der Waals surface area contributed by atoms with Crippen LogP contribution in [0.25, 0.3) is 27.6 Å². The predicted octanol–water partition coefficient (Wildman–Crippen LogP) is 2.59. The molecule has 4 heteroatoms. The van der Waals surface area contributed by atoms with Crippen LogP contribution in [0.2, 0.25) is 0 Å². The van der Waals surface area contributed by atoms with E-state index in [4.69, 9.17) is 4.52 Å². The van der Waals surface area contributed by atoms with Crippen molar-refractivity contribution < 1.29 is 9.20 Å². The van der Waals surface area contributed by atoms with Crippen LogP contribution in [-0.4, -0.2) is 10.3 Å². The van der Waals surface area contributed by atoms with Crippen molar-refractivity contribution in [1.29, 1.82) is 0 Å². The lowest BCUT2D eigenvalue weighted by atomic mass is 10.2. The molecule has 0 saturated heterocycles. The number of nitrogens with one attached hydrogen (secondary N) is 1. The molecule has 0 aliphatic heterocycles. The molecule has 0 aliphatic rings. The Kier molecular flexibility index (Phi) is 1.80. The van der Waals surface area contributed by atoms with Gasteiger partial charge >= 0.3 is 0 Å². The van der Waals surface area contributed by atoms with Gasteiger partial charge < -0.3 is 4.52 Å². The number of para-hydroxylation sites is 1. The average Bonchev–Trinajstić information content (AvgIpc) is 3.04. The molecule has 4 nitrogen and oxygen atoms in total. The zero-order valence-electron chi connectivity index (χ0n) is 9.50. The number of benzene rings is 2. The first-order valence-electron chi connectivity index (χ1n) is 5.74. The van der Waals surface area contributed by atoms with Gasteiger partial charge in [0, 0.05) is 11.5 Å². The van der Waals surface area contributed by atoms with E-state index in [1.807, 2.05) is 35.0 Å². The monoisotopic (exact) mass is 236 g/mol. The highest BCUT2D eigenvalue weighted by atomic mass is 16.5. The molecule has 0 fully saturated rings. The first-order valence-corrected chi connectivity index (χ1v) is 5.74. The number of hydrogen-bond acceptors (Lipinski definition) is 2. The maximum absolute atomic E-state index is 5.18. The Bertz CT molecular complexity index is 811. The molecule has 0 amide bonds. The Hall–Kier alpha value is -2.62. The summed E-state index contributed by atoms with van der Waals surface area (Å²) in [4.78, 5) is 0. The second kappa shape index (κ2) is 3.43. The van der Waals surface area contributed by atoms with Crippen molar-refractivity contribution in [2.24, 2.45) is 0 Å². The van der Waals surface area contributed by atoms with E-state index in [-0.39, 0.29) is 0 Å². The summed E-state index contributed by atoms with van der Waals surface area (Å²) in [5.41, 5.74) is 2.92. The Morgan fingerprint density at radius 1 is 1.06 bits per heavy atom. The summed E-state index contributed by atoms with van der Waals surface area (Å²) in [5.74, 6) is 0. The third-order valence-electron chi connectivity index (χ3n) is 3.09. The van der Waals surface area contributed by atoms with E-state index in [9.17, 15) is 0 Å². The fourth-order valence-corrected chi connectivity index (χ4v) is 2.15. The van der Waals surface area contributed by atoms with Gasteiger partial charge in [0.05, 0.1) is 17.6 Å². The zero-order valence-corrected chi connectivity index (χ0v) is 9.50. The summed E-state index contributed by atoms with van der Waals surface area (Å²) in [6.45, 7) is 0. The van der Waals surface area contributed by atoms with Gasteiger partial charge in [0.15, 0.2) is 5.58 Å². The summed E-state index contributed by atoms with van der Waals surface area (Å²) < 4.78 is 7.16. The molecule has 0 bridgehead atoms. The Morgan fingerprint density at radius 2 is 2.00 bits per heavy atom. The van der Waals surface area contributed by atoms with Crippen molar-refractivity contribution in [2.75, 3.05) is 0 Å². The summed E-state index contributed by atoms with van der Waals surface area (Å²) >= 11 is 0. The van der Waals surface area contributed by atoms with E-state index < -0.39 is 0 Å². The normalized spacial score (nSPS) is 11.3. The number of hydrogen-bond donors (Lipinski definition) is 1. The van der Waals surface area contributed by atoms with Crippen LogP contribution in [0, 0.1) is 0 Å². The highest BCUT2D eigenvalue weighted by molar-refractivity contribution is 5.78. The number of aromatic amines is 1. The molecule has 18 heavy (non-hydrogen) atoms. The third-order valence-corrected chi connectivity index (χ3v) is 3.09. The van der Waals surface area contributed by atoms with E-state index in [0.29, 0.717) is 0 Å². The minimum Gasteiger partial charge on any atom is -0.356 e. The van der Waals surface area contributed by atoms with Crippen LogP contribution in [0.5, 0.6) is 0 Å². The second-order valence-corrected chi connectivity index (χ2v) is 4.25. The molecule has 86 valence electrons. The van der Waals surface area contributed by atoms with Crippen molar-refractivity contribution in [1.82, 2.24) is 10.3 Å². The standard InChI is InChI=1S/C14H9N3O/c1-2-4-13-11(3-1)9-17(16-13)12-6-5-10-8-15-18-14(10)7-12/h1-9H/p+1. The van der Waals surface area contributed by atoms with Crippen LogP contribution >= 0.6 is 0 Å². The highest BCUT2D eigenvalue weighted by Crippen LogP contribution is 2.16. The second-order valence-electron chi connectivity index (χ2n) is 4.25. The first kappa shape index (κ1) is 9.41. The van der Waals surface area contributed by atoms with Crippen molar-refractivity contribution >= 4 is 21.9 Å². The van der Waals surface area contributed by atoms with Crippen LogP contribution in [0.4, 0.5) is 0 Å². The van der Waals surface area contributed by atoms with Gasteiger partial charge in [-0.1, -0.05) is 22.0 Å². The van der Waals surface area contributed by atoms with Gasteiger partial charge in [-0.15, -0.1) is 0 Å². The zero-order chi connectivity index (χ0) is 11.9. The lowest BCUT2D eigenvalue weighted by molar-refractivity contribution is -0.653. The van der Waals surface area contributed by atoms with Gasteiger partial charge in [-0.05, 0) is 18.2 Å². The fourth-order valence-electron chi connectivity index (χ4n) is 2.15. The van der Waals surface area contributed by atoms with Gasteiger partial charge in [0.25, 0.3) is 0 Å². The number of aromatic nitrogens is 3. The Balaban J connectivity index is 1.94. The van der Waals surface area contributed by atoms with Crippen molar-refractivity contribution in [3.63, 3.8) is 0 Å². The summed E-state index contributed by atoms with van der Waals surface area (Å²) in [5, 5.41) is 9.29. The molecule has 0 radical (unpaired) electrons.